The molecule has 2 aromatic rings. The molecule has 0 unspecified atom stereocenters. The fourth-order valence-corrected chi connectivity index (χ4v) is 1.65. The lowest BCUT2D eigenvalue weighted by Crippen LogP contribution is -1.85. The minimum absolute atomic E-state index is 0.0711. The molecule has 2 rings (SSSR count). The fourth-order valence-electron chi connectivity index (χ4n) is 1.65. The lowest BCUT2D eigenvalue weighted by molar-refractivity contribution is -0.110. The van der Waals surface area contributed by atoms with Gasteiger partial charge in [-0.1, -0.05) is 54.6 Å². The van der Waals surface area contributed by atoms with Crippen molar-refractivity contribution in [1.29, 1.82) is 5.26 Å². The standard InChI is InChI=1S/C18H13NO/c19-14-17-8-6-16(7-9-17)11-13-18(20)12-10-15-4-2-1-3-5-15/h1-13H. The first kappa shape index (κ1) is 13.5. The molecule has 0 aliphatic rings. The summed E-state index contributed by atoms with van der Waals surface area (Å²) in [6.07, 6.45) is 6.57. The average molecular weight is 259 g/mol. The molecule has 0 atom stereocenters. The number of rotatable bonds is 4. The number of nitriles is 1. The lowest BCUT2D eigenvalue weighted by Gasteiger charge is -1.92. The summed E-state index contributed by atoms with van der Waals surface area (Å²) in [6.45, 7) is 0. The Balaban J connectivity index is 1.99. The largest absolute Gasteiger partial charge is 0.290 e. The molecule has 0 aliphatic heterocycles. The van der Waals surface area contributed by atoms with Gasteiger partial charge in [-0.2, -0.15) is 5.26 Å². The number of ketones is 1. The van der Waals surface area contributed by atoms with E-state index in [4.69, 9.17) is 5.26 Å². The summed E-state index contributed by atoms with van der Waals surface area (Å²) in [6, 6.07) is 18.8. The summed E-state index contributed by atoms with van der Waals surface area (Å²) in [7, 11) is 0. The minimum atomic E-state index is -0.0711. The van der Waals surface area contributed by atoms with Gasteiger partial charge in [0, 0.05) is 0 Å². The van der Waals surface area contributed by atoms with Gasteiger partial charge in [0.1, 0.15) is 0 Å². The highest BCUT2D eigenvalue weighted by Crippen LogP contribution is 2.06. The minimum Gasteiger partial charge on any atom is -0.290 e. The van der Waals surface area contributed by atoms with Crippen molar-refractivity contribution in [2.75, 3.05) is 0 Å². The Labute approximate surface area is 118 Å². The number of nitrogens with zero attached hydrogens (tertiary/aromatic N) is 1. The van der Waals surface area contributed by atoms with Crippen molar-refractivity contribution < 1.29 is 4.79 Å². The van der Waals surface area contributed by atoms with Crippen molar-refractivity contribution >= 4 is 17.9 Å². The number of hydrogen-bond acceptors (Lipinski definition) is 2. The second-order valence-corrected chi connectivity index (χ2v) is 4.21. The van der Waals surface area contributed by atoms with Crippen molar-refractivity contribution in [1.82, 2.24) is 0 Å². The molecule has 2 nitrogen and oxygen atoms in total. The average Bonchev–Trinajstić information content (AvgIpc) is 2.52. The van der Waals surface area contributed by atoms with Crippen LogP contribution in [0.3, 0.4) is 0 Å². The maximum atomic E-state index is 11.7. The van der Waals surface area contributed by atoms with E-state index in [1.165, 1.54) is 12.2 Å². The summed E-state index contributed by atoms with van der Waals surface area (Å²) >= 11 is 0. The molecule has 0 saturated carbocycles. The van der Waals surface area contributed by atoms with E-state index >= 15 is 0 Å². The van der Waals surface area contributed by atoms with Gasteiger partial charge < -0.3 is 0 Å². The highest BCUT2D eigenvalue weighted by atomic mass is 16.1. The number of hydrogen-bond donors (Lipinski definition) is 0. The SMILES string of the molecule is N#Cc1ccc(C=CC(=O)C=Cc2ccccc2)cc1. The predicted octanol–water partition coefficient (Wildman–Crippen LogP) is 3.85. The normalized spacial score (nSPS) is 10.8. The maximum Gasteiger partial charge on any atom is 0.178 e. The summed E-state index contributed by atoms with van der Waals surface area (Å²) in [5, 5.41) is 8.69. The Kier molecular flexibility index (Phi) is 4.64. The predicted molar refractivity (Wildman–Crippen MR) is 80.7 cm³/mol. The van der Waals surface area contributed by atoms with Gasteiger partial charge in [-0.05, 0) is 35.4 Å². The monoisotopic (exact) mass is 259 g/mol. The molecule has 2 aromatic carbocycles. The van der Waals surface area contributed by atoms with E-state index in [0.29, 0.717) is 5.56 Å². The van der Waals surface area contributed by atoms with Crippen LogP contribution in [0.5, 0.6) is 0 Å². The number of benzene rings is 2. The molecule has 0 bridgehead atoms. The van der Waals surface area contributed by atoms with E-state index in [2.05, 4.69) is 6.07 Å². The van der Waals surface area contributed by atoms with Crippen LogP contribution in [0.25, 0.3) is 12.2 Å². The molecule has 0 heterocycles. The zero-order chi connectivity index (χ0) is 14.2. The molecule has 20 heavy (non-hydrogen) atoms. The molecule has 0 fully saturated rings. The first-order chi connectivity index (χ1) is 9.78. The Morgan fingerprint density at radius 2 is 1.40 bits per heavy atom. The van der Waals surface area contributed by atoms with Gasteiger partial charge in [0.05, 0.1) is 11.6 Å². The Morgan fingerprint density at radius 3 is 1.95 bits per heavy atom. The van der Waals surface area contributed by atoms with E-state index in [-0.39, 0.29) is 5.78 Å². The molecule has 0 radical (unpaired) electrons. The van der Waals surface area contributed by atoms with Crippen LogP contribution in [-0.4, -0.2) is 5.78 Å². The number of allylic oxidation sites excluding steroid dienone is 2. The molecular formula is C18H13NO. The van der Waals surface area contributed by atoms with Crippen LogP contribution in [-0.2, 0) is 4.79 Å². The van der Waals surface area contributed by atoms with Crippen LogP contribution >= 0.6 is 0 Å². The third-order valence-corrected chi connectivity index (χ3v) is 2.72. The summed E-state index contributed by atoms with van der Waals surface area (Å²) < 4.78 is 0. The van der Waals surface area contributed by atoms with Gasteiger partial charge in [0.2, 0.25) is 0 Å². The second-order valence-electron chi connectivity index (χ2n) is 4.21. The van der Waals surface area contributed by atoms with Crippen molar-refractivity contribution in [2.45, 2.75) is 0 Å². The van der Waals surface area contributed by atoms with Crippen molar-refractivity contribution in [3.63, 3.8) is 0 Å². The van der Waals surface area contributed by atoms with Gasteiger partial charge in [-0.15, -0.1) is 0 Å². The smallest absolute Gasteiger partial charge is 0.178 e. The van der Waals surface area contributed by atoms with E-state index < -0.39 is 0 Å². The first-order valence-corrected chi connectivity index (χ1v) is 6.23. The van der Waals surface area contributed by atoms with Gasteiger partial charge in [0.25, 0.3) is 0 Å². The van der Waals surface area contributed by atoms with E-state index in [1.807, 2.05) is 42.5 Å². The van der Waals surface area contributed by atoms with Crippen molar-refractivity contribution in [3.8, 4) is 6.07 Å². The van der Waals surface area contributed by atoms with Crippen LogP contribution in [0, 0.1) is 11.3 Å². The molecule has 0 aromatic heterocycles. The van der Waals surface area contributed by atoms with E-state index in [1.54, 1.807) is 24.3 Å². The third kappa shape index (κ3) is 4.08. The summed E-state index contributed by atoms with van der Waals surface area (Å²) in [5.41, 5.74) is 2.50. The number of carbonyl (C=O) groups excluding carboxylic acids is 1. The van der Waals surface area contributed by atoms with Crippen LogP contribution in [0.15, 0.2) is 66.7 Å². The topological polar surface area (TPSA) is 40.9 Å². The van der Waals surface area contributed by atoms with E-state index in [0.717, 1.165) is 11.1 Å². The van der Waals surface area contributed by atoms with Gasteiger partial charge in [-0.3, -0.25) is 4.79 Å². The fraction of sp³-hybridized carbons (Fsp3) is 0. The van der Waals surface area contributed by atoms with Crippen LogP contribution in [0.2, 0.25) is 0 Å². The van der Waals surface area contributed by atoms with E-state index in [9.17, 15) is 4.79 Å². The Morgan fingerprint density at radius 1 is 0.850 bits per heavy atom. The van der Waals surface area contributed by atoms with Crippen molar-refractivity contribution in [2.24, 2.45) is 0 Å². The molecular weight excluding hydrogens is 246 g/mol. The highest BCUT2D eigenvalue weighted by molar-refractivity contribution is 6.04. The summed E-state index contributed by atoms with van der Waals surface area (Å²) in [5.74, 6) is -0.0711. The van der Waals surface area contributed by atoms with Crippen LogP contribution in [0.4, 0.5) is 0 Å². The molecule has 0 amide bonds. The zero-order valence-corrected chi connectivity index (χ0v) is 10.9. The molecule has 0 spiro atoms. The second kappa shape index (κ2) is 6.86. The molecule has 0 saturated heterocycles. The number of carbonyl (C=O) groups is 1. The molecule has 0 aliphatic carbocycles. The zero-order valence-electron chi connectivity index (χ0n) is 10.9. The maximum absolute atomic E-state index is 11.7. The van der Waals surface area contributed by atoms with Gasteiger partial charge in [0.15, 0.2) is 5.78 Å². The van der Waals surface area contributed by atoms with Gasteiger partial charge in [-0.25, -0.2) is 0 Å². The molecule has 96 valence electrons. The lowest BCUT2D eigenvalue weighted by atomic mass is 10.1. The quantitative estimate of drug-likeness (QED) is 0.782. The first-order valence-electron chi connectivity index (χ1n) is 6.23. The Bertz CT molecular complexity index is 674. The van der Waals surface area contributed by atoms with Crippen LogP contribution in [0.1, 0.15) is 16.7 Å². The molecule has 0 N–H and O–H groups in total. The third-order valence-electron chi connectivity index (χ3n) is 2.72. The molecule has 2 heteroatoms. The van der Waals surface area contributed by atoms with Crippen LogP contribution < -0.4 is 0 Å². The van der Waals surface area contributed by atoms with Gasteiger partial charge >= 0.3 is 0 Å². The Hall–Kier alpha value is -2.92. The highest BCUT2D eigenvalue weighted by Gasteiger charge is 1.92. The summed E-state index contributed by atoms with van der Waals surface area (Å²) in [4.78, 5) is 11.7. The van der Waals surface area contributed by atoms with Crippen molar-refractivity contribution in [3.05, 3.63) is 83.4 Å².